The van der Waals surface area contributed by atoms with Crippen LogP contribution in [0.5, 0.6) is 0 Å². The van der Waals surface area contributed by atoms with Crippen LogP contribution < -0.4 is 0 Å². The van der Waals surface area contributed by atoms with Crippen LogP contribution in [0.3, 0.4) is 0 Å². The molecule has 1 aliphatic heterocycles. The summed E-state index contributed by atoms with van der Waals surface area (Å²) in [5, 5.41) is 17.4. The van der Waals surface area contributed by atoms with Crippen molar-refractivity contribution in [1.82, 2.24) is 0 Å². The Morgan fingerprint density at radius 1 is 0.673 bits per heavy atom. The average Bonchev–Trinajstić information content (AvgIpc) is 3.06. The SMILES string of the molecule is O=C(OCC1(COC(=O)C23CC4CC(CC(O)(C4)C2)C3)COC2(OC1)C1CC3CC2CC(OC(=O)C(F)(F)S(=O)(=O)[O-])(C3)C1)C12CC3CC(CC(O)(C3)C1)C2. The molecule has 306 valence electrons. The fourth-order valence-corrected chi connectivity index (χ4v) is 15.5. The first kappa shape index (κ1) is 37.3. The molecule has 13 fully saturated rings. The molecule has 13 rings (SSSR count). The van der Waals surface area contributed by atoms with E-state index in [9.17, 15) is 46.3 Å². The van der Waals surface area contributed by atoms with Gasteiger partial charge >= 0.3 is 23.2 Å². The lowest BCUT2D eigenvalue weighted by atomic mass is 9.48. The van der Waals surface area contributed by atoms with Crippen molar-refractivity contribution in [1.29, 1.82) is 0 Å². The molecule has 12 saturated carbocycles. The van der Waals surface area contributed by atoms with Gasteiger partial charge < -0.3 is 38.5 Å². The molecule has 1 heterocycles. The molecule has 0 aromatic rings. The maximum absolute atomic E-state index is 14.2. The molecule has 6 atom stereocenters. The summed E-state index contributed by atoms with van der Waals surface area (Å²) in [4.78, 5) is 40.6. The van der Waals surface area contributed by atoms with E-state index in [-0.39, 0.29) is 87.2 Å². The number of alkyl halides is 2. The summed E-state index contributed by atoms with van der Waals surface area (Å²) in [7, 11) is -6.28. The molecular formula is C39H51F2O13S-. The van der Waals surface area contributed by atoms with Gasteiger partial charge in [-0.1, -0.05) is 0 Å². The van der Waals surface area contributed by atoms with Crippen molar-refractivity contribution in [3.05, 3.63) is 0 Å². The number of ether oxygens (including phenoxy) is 5. The van der Waals surface area contributed by atoms with Gasteiger partial charge in [-0.25, -0.2) is 13.2 Å². The van der Waals surface area contributed by atoms with Crippen molar-refractivity contribution < 1.29 is 70.0 Å². The fourth-order valence-electron chi connectivity index (χ4n) is 15.3. The van der Waals surface area contributed by atoms with Crippen molar-refractivity contribution in [3.63, 3.8) is 0 Å². The minimum Gasteiger partial charge on any atom is -0.743 e. The molecule has 13 aliphatic rings. The molecule has 0 radical (unpaired) electrons. The van der Waals surface area contributed by atoms with Crippen molar-refractivity contribution in [2.75, 3.05) is 26.4 Å². The van der Waals surface area contributed by atoms with Crippen molar-refractivity contribution >= 4 is 28.0 Å². The lowest BCUT2D eigenvalue weighted by molar-refractivity contribution is -0.397. The summed E-state index contributed by atoms with van der Waals surface area (Å²) in [5.74, 6) is -4.09. The molecule has 12 bridgehead atoms. The predicted molar refractivity (Wildman–Crippen MR) is 180 cm³/mol. The highest BCUT2D eigenvalue weighted by molar-refractivity contribution is 7.87. The molecule has 1 saturated heterocycles. The van der Waals surface area contributed by atoms with E-state index in [1.807, 2.05) is 0 Å². The lowest BCUT2D eigenvalue weighted by Gasteiger charge is -2.65. The average molecular weight is 798 g/mol. The third-order valence-corrected chi connectivity index (χ3v) is 17.1. The zero-order chi connectivity index (χ0) is 38.7. The van der Waals surface area contributed by atoms with E-state index in [0.29, 0.717) is 77.0 Å². The number of rotatable bonds is 9. The summed E-state index contributed by atoms with van der Waals surface area (Å²) >= 11 is 0. The standard InChI is InChI=1S/C39H52F2O13S/c40-39(41,55(47,48)49)31(44)54-37-13-22-3-27(14-37)38(28(4-22)15-37)52-20-32(21-53-38,18-50-29(42)33-5-23-1-24(6-33)10-35(45,9-23)16-33)19-51-30(43)34-7-25-2-26(8-34)12-36(46,11-25)17-34/h22-28,45-46H,1-21H2,(H,47,48,49)/p-1. The van der Waals surface area contributed by atoms with E-state index in [1.54, 1.807) is 0 Å². The second kappa shape index (κ2) is 11.6. The van der Waals surface area contributed by atoms with Crippen molar-refractivity contribution in [3.8, 4) is 0 Å². The minimum atomic E-state index is -6.28. The van der Waals surface area contributed by atoms with E-state index in [1.165, 1.54) is 0 Å². The van der Waals surface area contributed by atoms with Crippen LogP contribution in [0.15, 0.2) is 0 Å². The molecule has 0 aromatic heterocycles. The van der Waals surface area contributed by atoms with Crippen LogP contribution in [0.1, 0.15) is 109 Å². The number of aliphatic hydroxyl groups is 2. The normalized spacial score (nSPS) is 51.4. The predicted octanol–water partition coefficient (Wildman–Crippen LogP) is 3.72. The number of esters is 3. The first-order chi connectivity index (χ1) is 25.7. The number of halogens is 2. The van der Waals surface area contributed by atoms with Gasteiger partial charge in [0.1, 0.15) is 18.8 Å². The van der Waals surface area contributed by atoms with Gasteiger partial charge in [0, 0.05) is 11.8 Å². The highest BCUT2D eigenvalue weighted by Gasteiger charge is 2.69. The maximum Gasteiger partial charge on any atom is 0.428 e. The van der Waals surface area contributed by atoms with Crippen molar-refractivity contribution in [2.45, 2.75) is 137 Å². The van der Waals surface area contributed by atoms with Gasteiger partial charge in [-0.05, 0) is 139 Å². The van der Waals surface area contributed by atoms with E-state index in [2.05, 4.69) is 0 Å². The number of hydrogen-bond acceptors (Lipinski definition) is 13. The van der Waals surface area contributed by atoms with Crippen LogP contribution in [-0.2, 0) is 48.2 Å². The Morgan fingerprint density at radius 3 is 1.51 bits per heavy atom. The van der Waals surface area contributed by atoms with Gasteiger partial charge in [0.25, 0.3) is 0 Å². The quantitative estimate of drug-likeness (QED) is 0.195. The molecule has 1 spiro atoms. The smallest absolute Gasteiger partial charge is 0.428 e. The zero-order valence-electron chi connectivity index (χ0n) is 30.9. The van der Waals surface area contributed by atoms with E-state index in [4.69, 9.17) is 23.7 Å². The molecule has 12 aliphatic carbocycles. The van der Waals surface area contributed by atoms with Crippen LogP contribution in [0.25, 0.3) is 0 Å². The lowest BCUT2D eigenvalue weighted by Crippen LogP contribution is -2.70. The molecule has 0 aromatic carbocycles. The second-order valence-electron chi connectivity index (χ2n) is 20.8. The first-order valence-electron chi connectivity index (χ1n) is 20.3. The molecule has 13 nitrogen and oxygen atoms in total. The van der Waals surface area contributed by atoms with Crippen LogP contribution in [0.4, 0.5) is 8.78 Å². The van der Waals surface area contributed by atoms with Crippen LogP contribution >= 0.6 is 0 Å². The molecule has 6 unspecified atom stereocenters. The zero-order valence-corrected chi connectivity index (χ0v) is 31.8. The Kier molecular flexibility index (Phi) is 7.87. The summed E-state index contributed by atoms with van der Waals surface area (Å²) in [6, 6.07) is 0. The summed E-state index contributed by atoms with van der Waals surface area (Å²) < 4.78 is 93.0. The highest BCUT2D eigenvalue weighted by Crippen LogP contribution is 2.66. The van der Waals surface area contributed by atoms with E-state index < -0.39 is 72.0 Å². The topological polar surface area (TPSA) is 195 Å². The largest absolute Gasteiger partial charge is 0.743 e. The molecular weight excluding hydrogens is 746 g/mol. The van der Waals surface area contributed by atoms with Gasteiger partial charge in [-0.3, -0.25) is 9.59 Å². The summed E-state index contributed by atoms with van der Waals surface area (Å²) in [5.41, 5.74) is -5.80. The van der Waals surface area contributed by atoms with Gasteiger partial charge in [-0.2, -0.15) is 8.78 Å². The van der Waals surface area contributed by atoms with Crippen LogP contribution in [0, 0.1) is 57.7 Å². The van der Waals surface area contributed by atoms with E-state index >= 15 is 0 Å². The van der Waals surface area contributed by atoms with Gasteiger partial charge in [0.2, 0.25) is 0 Å². The Bertz CT molecular complexity index is 1680. The third kappa shape index (κ3) is 5.71. The number of hydrogen-bond donors (Lipinski definition) is 2. The summed E-state index contributed by atoms with van der Waals surface area (Å²) in [6.07, 6.45) is 9.76. The van der Waals surface area contributed by atoms with E-state index in [0.717, 1.165) is 12.8 Å². The molecule has 16 heteroatoms. The van der Waals surface area contributed by atoms with Gasteiger partial charge in [0.05, 0.1) is 40.7 Å². The Labute approximate surface area is 318 Å². The first-order valence-corrected chi connectivity index (χ1v) is 21.7. The Morgan fingerprint density at radius 2 is 1.11 bits per heavy atom. The minimum absolute atomic E-state index is 0.0190. The van der Waals surface area contributed by atoms with Gasteiger partial charge in [-0.15, -0.1) is 0 Å². The number of carbonyl (C=O) groups excluding carboxylic acids is 3. The highest BCUT2D eigenvalue weighted by atomic mass is 32.2. The van der Waals surface area contributed by atoms with Crippen molar-refractivity contribution in [2.24, 2.45) is 57.7 Å². The van der Waals surface area contributed by atoms with Gasteiger partial charge in [0.15, 0.2) is 15.9 Å². The molecule has 0 amide bonds. The number of carbonyl (C=O) groups is 3. The summed E-state index contributed by atoms with van der Waals surface area (Å²) in [6.45, 7) is -0.361. The Hall–Kier alpha value is -1.98. The maximum atomic E-state index is 14.2. The fraction of sp³-hybridized carbons (Fsp3) is 0.923. The Balaban J connectivity index is 0.874. The molecule has 55 heavy (non-hydrogen) atoms. The molecule has 2 N–H and O–H groups in total. The monoisotopic (exact) mass is 797 g/mol. The third-order valence-electron chi connectivity index (χ3n) is 16.3. The second-order valence-corrected chi connectivity index (χ2v) is 22.2. The van der Waals surface area contributed by atoms with Crippen LogP contribution in [-0.4, -0.2) is 95.4 Å². The van der Waals surface area contributed by atoms with Crippen LogP contribution in [0.2, 0.25) is 0 Å².